The standard InChI is InChI=1S/C27H32N4OS2/c1-6-7-8-15-31-19(4)23(24(28-27(31)33)21-10-9-17(2)18(3)16-21)26-29-25(30-32-26)20-11-13-22(34-5)14-12-20/h9-14,16,24H,6-8,15H2,1-5H3,(H,28,33). The van der Waals surface area contributed by atoms with Gasteiger partial charge in [0.1, 0.15) is 0 Å². The van der Waals surface area contributed by atoms with Crippen LogP contribution in [0, 0.1) is 13.8 Å². The highest BCUT2D eigenvalue weighted by atomic mass is 32.2. The van der Waals surface area contributed by atoms with E-state index < -0.39 is 0 Å². The van der Waals surface area contributed by atoms with E-state index in [1.54, 1.807) is 11.8 Å². The minimum Gasteiger partial charge on any atom is -0.351 e. The van der Waals surface area contributed by atoms with E-state index in [1.807, 2.05) is 12.1 Å². The maximum Gasteiger partial charge on any atom is 0.258 e. The molecule has 0 bridgehead atoms. The van der Waals surface area contributed by atoms with E-state index in [4.69, 9.17) is 21.7 Å². The fraction of sp³-hybridized carbons (Fsp3) is 0.370. The van der Waals surface area contributed by atoms with Gasteiger partial charge in [-0.3, -0.25) is 0 Å². The Morgan fingerprint density at radius 3 is 2.50 bits per heavy atom. The molecule has 5 nitrogen and oxygen atoms in total. The van der Waals surface area contributed by atoms with Gasteiger partial charge in [0.25, 0.3) is 5.89 Å². The number of allylic oxidation sites excluding steroid dienone is 1. The Balaban J connectivity index is 1.76. The summed E-state index contributed by atoms with van der Waals surface area (Å²) in [7, 11) is 0. The third kappa shape index (κ3) is 5.05. The topological polar surface area (TPSA) is 54.2 Å². The summed E-state index contributed by atoms with van der Waals surface area (Å²) in [5.74, 6) is 1.12. The molecule has 0 spiro atoms. The van der Waals surface area contributed by atoms with Crippen molar-refractivity contribution in [2.24, 2.45) is 0 Å². The molecule has 0 aliphatic carbocycles. The Kier molecular flexibility index (Phi) is 7.73. The summed E-state index contributed by atoms with van der Waals surface area (Å²) in [6.07, 6.45) is 5.47. The second kappa shape index (κ2) is 10.7. The lowest BCUT2D eigenvalue weighted by Crippen LogP contribution is -2.46. The minimum atomic E-state index is -0.151. The van der Waals surface area contributed by atoms with Crippen LogP contribution in [0.4, 0.5) is 0 Å². The van der Waals surface area contributed by atoms with E-state index in [1.165, 1.54) is 22.4 Å². The molecule has 0 saturated carbocycles. The number of thiocarbonyl (C=S) groups is 1. The van der Waals surface area contributed by atoms with Gasteiger partial charge in [0.2, 0.25) is 5.82 Å². The van der Waals surface area contributed by atoms with Crippen molar-refractivity contribution in [3.63, 3.8) is 0 Å². The van der Waals surface area contributed by atoms with Crippen LogP contribution in [0.1, 0.15) is 61.7 Å². The predicted octanol–water partition coefficient (Wildman–Crippen LogP) is 6.93. The Labute approximate surface area is 212 Å². The van der Waals surface area contributed by atoms with Crippen molar-refractivity contribution in [3.05, 3.63) is 70.7 Å². The number of unbranched alkanes of at least 4 members (excludes halogenated alkanes) is 2. The number of aromatic nitrogens is 2. The second-order valence-electron chi connectivity index (χ2n) is 8.74. The maximum absolute atomic E-state index is 5.87. The van der Waals surface area contributed by atoms with Crippen LogP contribution in [0.2, 0.25) is 0 Å². The Hall–Kier alpha value is -2.64. The van der Waals surface area contributed by atoms with Gasteiger partial charge in [-0.25, -0.2) is 0 Å². The summed E-state index contributed by atoms with van der Waals surface area (Å²) in [5.41, 5.74) is 6.63. The Morgan fingerprint density at radius 2 is 1.82 bits per heavy atom. The summed E-state index contributed by atoms with van der Waals surface area (Å²) >= 11 is 7.52. The fourth-order valence-electron chi connectivity index (χ4n) is 4.23. The molecule has 1 atom stereocenters. The molecule has 1 N–H and O–H groups in total. The third-order valence-electron chi connectivity index (χ3n) is 6.45. The number of nitrogens with one attached hydrogen (secondary N) is 1. The van der Waals surface area contributed by atoms with Gasteiger partial charge in [-0.05, 0) is 86.6 Å². The highest BCUT2D eigenvalue weighted by Gasteiger charge is 2.34. The number of hydrogen-bond acceptors (Lipinski definition) is 5. The predicted molar refractivity (Wildman–Crippen MR) is 145 cm³/mol. The average Bonchev–Trinajstić information content (AvgIpc) is 3.32. The molecule has 2 heterocycles. The number of aryl methyl sites for hydroxylation is 2. The lowest BCUT2D eigenvalue weighted by atomic mass is 9.92. The average molecular weight is 493 g/mol. The number of benzene rings is 2. The molecule has 1 aromatic heterocycles. The maximum atomic E-state index is 5.87. The molecule has 2 aromatic carbocycles. The summed E-state index contributed by atoms with van der Waals surface area (Å²) in [5, 5.41) is 8.64. The van der Waals surface area contributed by atoms with Crippen LogP contribution in [0.15, 0.2) is 57.6 Å². The molecule has 4 rings (SSSR count). The molecule has 34 heavy (non-hydrogen) atoms. The van der Waals surface area contributed by atoms with E-state index in [-0.39, 0.29) is 6.04 Å². The van der Waals surface area contributed by atoms with Crippen LogP contribution in [0.5, 0.6) is 0 Å². The zero-order chi connectivity index (χ0) is 24.2. The van der Waals surface area contributed by atoms with Crippen LogP contribution in [-0.4, -0.2) is 33.0 Å². The lowest BCUT2D eigenvalue weighted by molar-refractivity contribution is 0.395. The van der Waals surface area contributed by atoms with Gasteiger partial charge in [-0.2, -0.15) is 4.98 Å². The second-order valence-corrected chi connectivity index (χ2v) is 10.0. The van der Waals surface area contributed by atoms with E-state index in [2.05, 4.69) is 79.7 Å². The van der Waals surface area contributed by atoms with Crippen LogP contribution < -0.4 is 5.32 Å². The molecule has 0 saturated heterocycles. The van der Waals surface area contributed by atoms with Crippen LogP contribution in [-0.2, 0) is 0 Å². The number of hydrogen-bond donors (Lipinski definition) is 1. The van der Waals surface area contributed by atoms with Gasteiger partial charge < -0.3 is 14.7 Å². The molecule has 1 unspecified atom stereocenters. The summed E-state index contributed by atoms with van der Waals surface area (Å²) < 4.78 is 5.87. The van der Waals surface area contributed by atoms with E-state index in [0.717, 1.165) is 46.9 Å². The lowest BCUT2D eigenvalue weighted by Gasteiger charge is -2.37. The first-order valence-electron chi connectivity index (χ1n) is 11.8. The smallest absolute Gasteiger partial charge is 0.258 e. The molecular formula is C27H32N4OS2. The van der Waals surface area contributed by atoms with Crippen molar-refractivity contribution in [3.8, 4) is 11.4 Å². The third-order valence-corrected chi connectivity index (χ3v) is 7.53. The van der Waals surface area contributed by atoms with Gasteiger partial charge >= 0.3 is 0 Å². The summed E-state index contributed by atoms with van der Waals surface area (Å²) in [4.78, 5) is 8.21. The van der Waals surface area contributed by atoms with Crippen molar-refractivity contribution in [1.29, 1.82) is 0 Å². The SMILES string of the molecule is CCCCCN1C(=S)NC(c2ccc(C)c(C)c2)C(c2nc(-c3ccc(SC)cc3)no2)=C1C. The minimum absolute atomic E-state index is 0.151. The number of thioether (sulfide) groups is 1. The highest BCUT2D eigenvalue weighted by Crippen LogP contribution is 2.38. The van der Waals surface area contributed by atoms with Crippen molar-refractivity contribution in [2.75, 3.05) is 12.8 Å². The quantitative estimate of drug-likeness (QED) is 0.208. The van der Waals surface area contributed by atoms with Gasteiger partial charge in [0.15, 0.2) is 5.11 Å². The van der Waals surface area contributed by atoms with Gasteiger partial charge in [-0.1, -0.05) is 43.1 Å². The van der Waals surface area contributed by atoms with Crippen molar-refractivity contribution in [2.45, 2.75) is 57.9 Å². The highest BCUT2D eigenvalue weighted by molar-refractivity contribution is 7.98. The van der Waals surface area contributed by atoms with Gasteiger partial charge in [0, 0.05) is 22.7 Å². The first-order valence-corrected chi connectivity index (χ1v) is 13.4. The molecule has 0 radical (unpaired) electrons. The molecular weight excluding hydrogens is 460 g/mol. The van der Waals surface area contributed by atoms with Crippen molar-refractivity contribution < 1.29 is 4.52 Å². The van der Waals surface area contributed by atoms with Crippen LogP contribution >= 0.6 is 24.0 Å². The first-order chi connectivity index (χ1) is 16.4. The van der Waals surface area contributed by atoms with E-state index in [9.17, 15) is 0 Å². The summed E-state index contributed by atoms with van der Waals surface area (Å²) in [6, 6.07) is 14.6. The van der Waals surface area contributed by atoms with Crippen LogP contribution in [0.25, 0.3) is 17.0 Å². The zero-order valence-corrected chi connectivity index (χ0v) is 22.1. The monoisotopic (exact) mass is 492 g/mol. The number of rotatable bonds is 8. The van der Waals surface area contributed by atoms with E-state index >= 15 is 0 Å². The van der Waals surface area contributed by atoms with Crippen molar-refractivity contribution >= 4 is 34.7 Å². The van der Waals surface area contributed by atoms with Crippen molar-refractivity contribution in [1.82, 2.24) is 20.4 Å². The van der Waals surface area contributed by atoms with E-state index in [0.29, 0.717) is 11.7 Å². The molecule has 3 aromatic rings. The summed E-state index contributed by atoms with van der Waals surface area (Å²) in [6.45, 7) is 9.45. The van der Waals surface area contributed by atoms with Crippen LogP contribution in [0.3, 0.4) is 0 Å². The molecule has 0 amide bonds. The fourth-order valence-corrected chi connectivity index (χ4v) is 4.99. The largest absolute Gasteiger partial charge is 0.351 e. The molecule has 1 aliphatic rings. The van der Waals surface area contributed by atoms with Gasteiger partial charge in [-0.15, -0.1) is 11.8 Å². The molecule has 0 fully saturated rings. The first kappa shape index (κ1) is 24.5. The molecule has 1 aliphatic heterocycles. The zero-order valence-electron chi connectivity index (χ0n) is 20.5. The Morgan fingerprint density at radius 1 is 1.06 bits per heavy atom. The Bertz CT molecular complexity index is 1200. The number of nitrogens with zero attached hydrogens (tertiary/aromatic N) is 3. The normalized spacial score (nSPS) is 16.2. The molecule has 178 valence electrons. The molecule has 7 heteroatoms. The van der Waals surface area contributed by atoms with Gasteiger partial charge in [0.05, 0.1) is 11.6 Å².